The number of benzene rings is 2. The van der Waals surface area contributed by atoms with E-state index in [2.05, 4.69) is 10.3 Å². The Bertz CT molecular complexity index is 787. The Morgan fingerprint density at radius 1 is 0.950 bits per heavy atom. The third kappa shape index (κ3) is 2.50. The molecule has 5 heteroatoms. The van der Waals surface area contributed by atoms with Gasteiger partial charge in [0.1, 0.15) is 0 Å². The molecule has 0 unspecified atom stereocenters. The van der Waals surface area contributed by atoms with Gasteiger partial charge in [-0.3, -0.25) is 4.98 Å². The molecule has 1 heterocycles. The second-order valence-corrected chi connectivity index (χ2v) is 5.23. The van der Waals surface area contributed by atoms with Crippen LogP contribution in [0.2, 0.25) is 10.0 Å². The molecule has 0 bridgehead atoms. The number of halogens is 2. The molecule has 0 aliphatic rings. The highest BCUT2D eigenvalue weighted by molar-refractivity contribution is 6.35. The number of nitrogen functional groups attached to an aromatic ring is 1. The highest BCUT2D eigenvalue weighted by atomic mass is 35.5. The molecule has 0 aliphatic carbocycles. The van der Waals surface area contributed by atoms with Gasteiger partial charge in [-0.1, -0.05) is 23.2 Å². The molecule has 0 saturated carbocycles. The quantitative estimate of drug-likeness (QED) is 0.664. The highest BCUT2D eigenvalue weighted by Crippen LogP contribution is 2.31. The first-order valence-electron chi connectivity index (χ1n) is 6.00. The summed E-state index contributed by atoms with van der Waals surface area (Å²) >= 11 is 12.2. The first-order valence-corrected chi connectivity index (χ1v) is 6.75. The standard InChI is InChI=1S/C15H11Cl2N3/c16-9-1-4-12(17)15(7-9)20-13-5-6-19-14-8-10(18)2-3-11(13)14/h1-8H,18H2,(H,19,20). The van der Waals surface area contributed by atoms with Crippen molar-refractivity contribution in [3.8, 4) is 0 Å². The lowest BCUT2D eigenvalue weighted by Crippen LogP contribution is -1.94. The van der Waals surface area contributed by atoms with Gasteiger partial charge in [-0.15, -0.1) is 0 Å². The number of nitrogens with zero attached hydrogens (tertiary/aromatic N) is 1. The Morgan fingerprint density at radius 2 is 1.80 bits per heavy atom. The van der Waals surface area contributed by atoms with Crippen molar-refractivity contribution >= 4 is 51.2 Å². The van der Waals surface area contributed by atoms with Crippen LogP contribution in [0.5, 0.6) is 0 Å². The molecule has 2 aromatic carbocycles. The zero-order valence-corrected chi connectivity index (χ0v) is 11.9. The first kappa shape index (κ1) is 13.0. The van der Waals surface area contributed by atoms with Gasteiger partial charge >= 0.3 is 0 Å². The fourth-order valence-electron chi connectivity index (χ4n) is 2.01. The lowest BCUT2D eigenvalue weighted by molar-refractivity contribution is 1.40. The van der Waals surface area contributed by atoms with Crippen LogP contribution in [0.25, 0.3) is 10.9 Å². The third-order valence-corrected chi connectivity index (χ3v) is 3.53. The van der Waals surface area contributed by atoms with Crippen LogP contribution in [0.3, 0.4) is 0 Å². The Balaban J connectivity index is 2.09. The first-order chi connectivity index (χ1) is 9.63. The van der Waals surface area contributed by atoms with E-state index < -0.39 is 0 Å². The van der Waals surface area contributed by atoms with Crippen LogP contribution in [0.1, 0.15) is 0 Å². The zero-order valence-electron chi connectivity index (χ0n) is 10.4. The molecule has 0 fully saturated rings. The molecule has 0 radical (unpaired) electrons. The summed E-state index contributed by atoms with van der Waals surface area (Å²) in [6.45, 7) is 0. The van der Waals surface area contributed by atoms with Crippen molar-refractivity contribution in [2.75, 3.05) is 11.1 Å². The van der Waals surface area contributed by atoms with E-state index >= 15 is 0 Å². The van der Waals surface area contributed by atoms with Crippen molar-refractivity contribution in [3.05, 3.63) is 58.7 Å². The second kappa shape index (κ2) is 5.19. The molecule has 1 aromatic heterocycles. The largest absolute Gasteiger partial charge is 0.399 e. The molecule has 0 amide bonds. The summed E-state index contributed by atoms with van der Waals surface area (Å²) in [5.41, 5.74) is 8.94. The molecule has 0 saturated heterocycles. The normalized spacial score (nSPS) is 10.7. The van der Waals surface area contributed by atoms with Crippen LogP contribution < -0.4 is 11.1 Å². The van der Waals surface area contributed by atoms with E-state index in [4.69, 9.17) is 28.9 Å². The van der Waals surface area contributed by atoms with Crippen molar-refractivity contribution < 1.29 is 0 Å². The number of pyridine rings is 1. The fraction of sp³-hybridized carbons (Fsp3) is 0. The van der Waals surface area contributed by atoms with Crippen LogP contribution >= 0.6 is 23.2 Å². The van der Waals surface area contributed by atoms with Gasteiger partial charge in [0, 0.05) is 28.0 Å². The van der Waals surface area contributed by atoms with E-state index in [1.54, 1.807) is 24.4 Å². The van der Waals surface area contributed by atoms with Gasteiger partial charge in [0.15, 0.2) is 0 Å². The summed E-state index contributed by atoms with van der Waals surface area (Å²) in [4.78, 5) is 4.31. The van der Waals surface area contributed by atoms with E-state index in [1.807, 2.05) is 24.3 Å². The van der Waals surface area contributed by atoms with Gasteiger partial charge in [-0.2, -0.15) is 0 Å². The minimum absolute atomic E-state index is 0.606. The Labute approximate surface area is 126 Å². The van der Waals surface area contributed by atoms with Gasteiger partial charge in [-0.25, -0.2) is 0 Å². The Kier molecular flexibility index (Phi) is 3.38. The Hall–Kier alpha value is -1.97. The van der Waals surface area contributed by atoms with Crippen molar-refractivity contribution in [2.45, 2.75) is 0 Å². The van der Waals surface area contributed by atoms with E-state index in [-0.39, 0.29) is 0 Å². The Morgan fingerprint density at radius 3 is 2.65 bits per heavy atom. The van der Waals surface area contributed by atoms with Crippen LogP contribution in [-0.4, -0.2) is 4.98 Å². The topological polar surface area (TPSA) is 50.9 Å². The predicted octanol–water partition coefficient (Wildman–Crippen LogP) is 4.87. The maximum atomic E-state index is 6.17. The molecule has 100 valence electrons. The summed E-state index contributed by atoms with van der Waals surface area (Å²) in [6.07, 6.45) is 1.72. The number of aromatic nitrogens is 1. The molecule has 0 spiro atoms. The van der Waals surface area contributed by atoms with Crippen LogP contribution in [0.15, 0.2) is 48.7 Å². The zero-order chi connectivity index (χ0) is 14.1. The maximum absolute atomic E-state index is 6.17. The number of nitrogens with two attached hydrogens (primary N) is 1. The van der Waals surface area contributed by atoms with E-state index in [0.29, 0.717) is 15.7 Å². The molecular formula is C15H11Cl2N3. The fourth-order valence-corrected chi connectivity index (χ4v) is 2.35. The maximum Gasteiger partial charge on any atom is 0.0743 e. The predicted molar refractivity (Wildman–Crippen MR) is 85.9 cm³/mol. The smallest absolute Gasteiger partial charge is 0.0743 e. The summed E-state index contributed by atoms with van der Waals surface area (Å²) in [5, 5.41) is 5.48. The highest BCUT2D eigenvalue weighted by Gasteiger charge is 2.06. The number of hydrogen-bond acceptors (Lipinski definition) is 3. The molecule has 3 nitrogen and oxygen atoms in total. The molecule has 0 aliphatic heterocycles. The van der Waals surface area contributed by atoms with E-state index in [1.165, 1.54) is 0 Å². The van der Waals surface area contributed by atoms with Crippen LogP contribution in [0, 0.1) is 0 Å². The van der Waals surface area contributed by atoms with Crippen LogP contribution in [-0.2, 0) is 0 Å². The van der Waals surface area contributed by atoms with E-state index in [9.17, 15) is 0 Å². The lowest BCUT2D eigenvalue weighted by Gasteiger charge is -2.11. The summed E-state index contributed by atoms with van der Waals surface area (Å²) in [6, 6.07) is 12.8. The molecule has 3 N–H and O–H groups in total. The molecular weight excluding hydrogens is 293 g/mol. The van der Waals surface area contributed by atoms with Crippen molar-refractivity contribution in [2.24, 2.45) is 0 Å². The van der Waals surface area contributed by atoms with Gasteiger partial charge in [-0.05, 0) is 42.5 Å². The lowest BCUT2D eigenvalue weighted by atomic mass is 10.1. The minimum Gasteiger partial charge on any atom is -0.399 e. The molecule has 20 heavy (non-hydrogen) atoms. The number of fused-ring (bicyclic) bond motifs is 1. The minimum atomic E-state index is 0.606. The van der Waals surface area contributed by atoms with Crippen molar-refractivity contribution in [1.82, 2.24) is 4.98 Å². The number of nitrogens with one attached hydrogen (secondary N) is 1. The molecule has 3 aromatic rings. The van der Waals surface area contributed by atoms with Gasteiger partial charge in [0.25, 0.3) is 0 Å². The van der Waals surface area contributed by atoms with E-state index in [0.717, 1.165) is 22.3 Å². The summed E-state index contributed by atoms with van der Waals surface area (Å²) in [7, 11) is 0. The average molecular weight is 304 g/mol. The van der Waals surface area contributed by atoms with Crippen LogP contribution in [0.4, 0.5) is 17.1 Å². The molecule has 0 atom stereocenters. The summed E-state index contributed by atoms with van der Waals surface area (Å²) < 4.78 is 0. The van der Waals surface area contributed by atoms with Crippen molar-refractivity contribution in [3.63, 3.8) is 0 Å². The van der Waals surface area contributed by atoms with Gasteiger partial charge < -0.3 is 11.1 Å². The SMILES string of the molecule is Nc1ccc2c(Nc3cc(Cl)ccc3Cl)ccnc2c1. The number of rotatable bonds is 2. The summed E-state index contributed by atoms with van der Waals surface area (Å²) in [5.74, 6) is 0. The average Bonchev–Trinajstić information content (AvgIpc) is 2.43. The van der Waals surface area contributed by atoms with Crippen molar-refractivity contribution in [1.29, 1.82) is 0 Å². The number of hydrogen-bond donors (Lipinski definition) is 2. The molecule has 3 rings (SSSR count). The van der Waals surface area contributed by atoms with Gasteiger partial charge in [0.2, 0.25) is 0 Å². The number of anilines is 3. The third-order valence-electron chi connectivity index (χ3n) is 2.96. The second-order valence-electron chi connectivity index (χ2n) is 4.38. The van der Waals surface area contributed by atoms with Gasteiger partial charge in [0.05, 0.1) is 16.2 Å². The monoisotopic (exact) mass is 303 g/mol.